The highest BCUT2D eigenvalue weighted by molar-refractivity contribution is 5.94. The Bertz CT molecular complexity index is 884. The molecule has 0 bridgehead atoms. The number of hydrogen-bond acceptors (Lipinski definition) is 5. The monoisotopic (exact) mass is 410 g/mol. The van der Waals surface area contributed by atoms with Crippen LogP contribution in [0.25, 0.3) is 0 Å². The van der Waals surface area contributed by atoms with Gasteiger partial charge in [0.05, 0.1) is 19.3 Å². The Balaban J connectivity index is 1.30. The van der Waals surface area contributed by atoms with E-state index in [1.807, 2.05) is 42.5 Å². The highest BCUT2D eigenvalue weighted by Crippen LogP contribution is 2.29. The fourth-order valence-electron chi connectivity index (χ4n) is 3.77. The van der Waals surface area contributed by atoms with Crippen LogP contribution < -0.4 is 10.6 Å². The molecule has 0 spiro atoms. The zero-order valence-corrected chi connectivity index (χ0v) is 17.0. The van der Waals surface area contributed by atoms with Crippen molar-refractivity contribution in [3.05, 3.63) is 65.7 Å². The minimum absolute atomic E-state index is 0.180. The zero-order valence-electron chi connectivity index (χ0n) is 17.0. The standard InChI is InChI=1S/C23H26N2O5/c1-14(2)15-8-10-17(11-9-15)24-23(27)30-19-13-29-20-18(12-28-21(19)20)25-22(26)16-6-4-3-5-7-16/h3-11,14,18-21H,12-13H2,1-2H3,(H,24,27)(H,25,26). The molecule has 158 valence electrons. The van der Waals surface area contributed by atoms with Crippen molar-refractivity contribution in [1.29, 1.82) is 0 Å². The molecule has 7 nitrogen and oxygen atoms in total. The Labute approximate surface area is 175 Å². The second-order valence-electron chi connectivity index (χ2n) is 7.89. The lowest BCUT2D eigenvalue weighted by atomic mass is 10.0. The van der Waals surface area contributed by atoms with Gasteiger partial charge in [-0.2, -0.15) is 0 Å². The number of carbonyl (C=O) groups is 2. The summed E-state index contributed by atoms with van der Waals surface area (Å²) in [7, 11) is 0. The molecule has 0 saturated carbocycles. The van der Waals surface area contributed by atoms with Gasteiger partial charge < -0.3 is 19.5 Å². The molecule has 4 unspecified atom stereocenters. The molecule has 30 heavy (non-hydrogen) atoms. The Morgan fingerprint density at radius 2 is 1.67 bits per heavy atom. The first-order chi connectivity index (χ1) is 14.5. The van der Waals surface area contributed by atoms with Crippen molar-refractivity contribution in [3.63, 3.8) is 0 Å². The van der Waals surface area contributed by atoms with Gasteiger partial charge in [0.15, 0.2) is 6.10 Å². The summed E-state index contributed by atoms with van der Waals surface area (Å²) < 4.78 is 17.1. The van der Waals surface area contributed by atoms with E-state index in [0.29, 0.717) is 23.8 Å². The maximum absolute atomic E-state index is 12.4. The average molecular weight is 410 g/mol. The van der Waals surface area contributed by atoms with Crippen LogP contribution in [-0.2, 0) is 14.2 Å². The van der Waals surface area contributed by atoms with Crippen LogP contribution in [0.4, 0.5) is 10.5 Å². The summed E-state index contributed by atoms with van der Waals surface area (Å²) in [6.45, 7) is 4.77. The summed E-state index contributed by atoms with van der Waals surface area (Å²) in [5.74, 6) is 0.244. The summed E-state index contributed by atoms with van der Waals surface area (Å²) >= 11 is 0. The van der Waals surface area contributed by atoms with Gasteiger partial charge in [-0.3, -0.25) is 10.1 Å². The quantitative estimate of drug-likeness (QED) is 0.790. The first-order valence-electron chi connectivity index (χ1n) is 10.2. The van der Waals surface area contributed by atoms with Crippen LogP contribution in [0, 0.1) is 0 Å². The van der Waals surface area contributed by atoms with Crippen molar-refractivity contribution in [3.8, 4) is 0 Å². The lowest BCUT2D eigenvalue weighted by Crippen LogP contribution is -2.44. The SMILES string of the molecule is CC(C)c1ccc(NC(=O)OC2COC3C(NC(=O)c4ccccc4)COC23)cc1. The average Bonchev–Trinajstić information content (AvgIpc) is 3.32. The molecule has 7 heteroatoms. The number of fused-ring (bicyclic) bond motifs is 1. The van der Waals surface area contributed by atoms with E-state index in [9.17, 15) is 9.59 Å². The molecule has 2 amide bonds. The highest BCUT2D eigenvalue weighted by atomic mass is 16.6. The number of hydrogen-bond donors (Lipinski definition) is 2. The van der Waals surface area contributed by atoms with Crippen LogP contribution in [0.2, 0.25) is 0 Å². The largest absolute Gasteiger partial charge is 0.441 e. The molecule has 0 radical (unpaired) electrons. The van der Waals surface area contributed by atoms with E-state index in [0.717, 1.165) is 0 Å². The summed E-state index contributed by atoms with van der Waals surface area (Å²) in [4.78, 5) is 24.7. The second kappa shape index (κ2) is 8.85. The van der Waals surface area contributed by atoms with Crippen LogP contribution in [0.1, 0.15) is 35.7 Å². The van der Waals surface area contributed by atoms with Gasteiger partial charge in [0.2, 0.25) is 0 Å². The van der Waals surface area contributed by atoms with Gasteiger partial charge in [-0.25, -0.2) is 4.79 Å². The van der Waals surface area contributed by atoms with E-state index < -0.39 is 18.3 Å². The maximum Gasteiger partial charge on any atom is 0.412 e. The van der Waals surface area contributed by atoms with E-state index in [4.69, 9.17) is 14.2 Å². The Kier molecular flexibility index (Phi) is 6.01. The van der Waals surface area contributed by atoms with E-state index in [-0.39, 0.29) is 24.7 Å². The molecule has 4 atom stereocenters. The minimum atomic E-state index is -0.554. The van der Waals surface area contributed by atoms with Gasteiger partial charge in [0.25, 0.3) is 5.91 Å². The first-order valence-corrected chi connectivity index (χ1v) is 10.2. The van der Waals surface area contributed by atoms with Gasteiger partial charge >= 0.3 is 6.09 Å². The molecule has 2 aliphatic heterocycles. The number of carbonyl (C=O) groups excluding carboxylic acids is 2. The Hall–Kier alpha value is -2.90. The zero-order chi connectivity index (χ0) is 21.1. The molecule has 0 aliphatic carbocycles. The number of amides is 2. The van der Waals surface area contributed by atoms with Gasteiger partial charge in [-0.05, 0) is 35.7 Å². The third-order valence-electron chi connectivity index (χ3n) is 5.44. The summed E-state index contributed by atoms with van der Waals surface area (Å²) in [5, 5.41) is 5.69. The van der Waals surface area contributed by atoms with Crippen LogP contribution >= 0.6 is 0 Å². The molecule has 2 aromatic carbocycles. The highest BCUT2D eigenvalue weighted by Gasteiger charge is 2.50. The molecular formula is C23H26N2O5. The summed E-state index contributed by atoms with van der Waals surface area (Å²) in [5.41, 5.74) is 2.44. The van der Waals surface area contributed by atoms with Crippen molar-refractivity contribution in [2.24, 2.45) is 0 Å². The predicted octanol–water partition coefficient (Wildman–Crippen LogP) is 3.32. The molecule has 2 heterocycles. The predicted molar refractivity (Wildman–Crippen MR) is 112 cm³/mol. The first kappa shape index (κ1) is 20.4. The van der Waals surface area contributed by atoms with Gasteiger partial charge in [-0.15, -0.1) is 0 Å². The van der Waals surface area contributed by atoms with Crippen LogP contribution in [0.3, 0.4) is 0 Å². The molecule has 0 aromatic heterocycles. The van der Waals surface area contributed by atoms with Crippen molar-refractivity contribution >= 4 is 17.7 Å². The van der Waals surface area contributed by atoms with Crippen LogP contribution in [0.5, 0.6) is 0 Å². The normalized spacial score (nSPS) is 25.0. The number of nitrogens with one attached hydrogen (secondary N) is 2. The molecule has 4 rings (SSSR count). The van der Waals surface area contributed by atoms with Crippen molar-refractivity contribution < 1.29 is 23.8 Å². The van der Waals surface area contributed by atoms with E-state index in [2.05, 4.69) is 24.5 Å². The van der Waals surface area contributed by atoms with Crippen molar-refractivity contribution in [2.45, 2.75) is 44.1 Å². The van der Waals surface area contributed by atoms with Gasteiger partial charge in [0, 0.05) is 11.3 Å². The molecule has 2 fully saturated rings. The molecule has 2 saturated heterocycles. The minimum Gasteiger partial charge on any atom is -0.441 e. The third kappa shape index (κ3) is 4.47. The van der Waals surface area contributed by atoms with Crippen LogP contribution in [-0.4, -0.2) is 49.6 Å². The van der Waals surface area contributed by atoms with Crippen molar-refractivity contribution in [1.82, 2.24) is 5.32 Å². The number of rotatable bonds is 5. The third-order valence-corrected chi connectivity index (χ3v) is 5.44. The number of benzene rings is 2. The Morgan fingerprint density at radius 1 is 0.967 bits per heavy atom. The number of ether oxygens (including phenoxy) is 3. The lowest BCUT2D eigenvalue weighted by molar-refractivity contribution is 0.00862. The van der Waals surface area contributed by atoms with Gasteiger partial charge in [0.1, 0.15) is 12.2 Å². The van der Waals surface area contributed by atoms with E-state index in [1.54, 1.807) is 12.1 Å². The van der Waals surface area contributed by atoms with E-state index in [1.165, 1.54) is 5.56 Å². The topological polar surface area (TPSA) is 85.9 Å². The molecular weight excluding hydrogens is 384 g/mol. The smallest absolute Gasteiger partial charge is 0.412 e. The second-order valence-corrected chi connectivity index (χ2v) is 7.89. The lowest BCUT2D eigenvalue weighted by Gasteiger charge is -2.18. The summed E-state index contributed by atoms with van der Waals surface area (Å²) in [6.07, 6.45) is -1.83. The Morgan fingerprint density at radius 3 is 2.37 bits per heavy atom. The van der Waals surface area contributed by atoms with E-state index >= 15 is 0 Å². The fraction of sp³-hybridized carbons (Fsp3) is 0.391. The molecule has 2 N–H and O–H groups in total. The molecule has 2 aromatic rings. The fourth-order valence-corrected chi connectivity index (χ4v) is 3.77. The summed E-state index contributed by atoms with van der Waals surface area (Å²) in [6, 6.07) is 16.4. The van der Waals surface area contributed by atoms with Gasteiger partial charge in [-0.1, -0.05) is 44.2 Å². The number of anilines is 1. The van der Waals surface area contributed by atoms with Crippen LogP contribution in [0.15, 0.2) is 54.6 Å². The molecule has 2 aliphatic rings. The maximum atomic E-state index is 12.4. The van der Waals surface area contributed by atoms with Crippen molar-refractivity contribution in [2.75, 3.05) is 18.5 Å².